The predicted octanol–water partition coefficient (Wildman–Crippen LogP) is 5.57. The monoisotopic (exact) mass is 505 g/mol. The van der Waals surface area contributed by atoms with E-state index in [0.717, 1.165) is 23.1 Å². The summed E-state index contributed by atoms with van der Waals surface area (Å²) < 4.78 is 5.50. The number of anilines is 1. The molecule has 0 aromatic heterocycles. The van der Waals surface area contributed by atoms with E-state index in [4.69, 9.17) is 10.5 Å². The van der Waals surface area contributed by atoms with Crippen LogP contribution in [0.5, 0.6) is 0 Å². The fourth-order valence-electron chi connectivity index (χ4n) is 4.72. The van der Waals surface area contributed by atoms with Gasteiger partial charge in [-0.15, -0.1) is 0 Å². The zero-order valence-electron chi connectivity index (χ0n) is 21.0. The van der Waals surface area contributed by atoms with Gasteiger partial charge in [0.25, 0.3) is 0 Å². The zero-order chi connectivity index (χ0) is 26.3. The van der Waals surface area contributed by atoms with E-state index in [1.165, 1.54) is 5.56 Å². The average Bonchev–Trinajstić information content (AvgIpc) is 3.70. The number of hydrogen-bond acceptors (Lipinski definition) is 4. The molecule has 1 saturated carbocycles. The second-order valence-electron chi connectivity index (χ2n) is 9.60. The van der Waals surface area contributed by atoms with Gasteiger partial charge in [0.2, 0.25) is 5.91 Å². The standard InChI is InChI=1S/C32H31N3O3/c33-28-20-27(28)23-16-18-26(19-17-23)34-31(36)30(35-32(37)38-21-22-10-4-1-5-11-22)29(24-12-6-2-7-13-24)25-14-8-3-9-15-25/h1-19,27-30H,20-21,33H2,(H,34,36)(H,35,37). The zero-order valence-corrected chi connectivity index (χ0v) is 21.0. The van der Waals surface area contributed by atoms with Gasteiger partial charge in [0.05, 0.1) is 0 Å². The third kappa shape index (κ3) is 6.28. The molecule has 3 atom stereocenters. The van der Waals surface area contributed by atoms with Gasteiger partial charge in [-0.25, -0.2) is 4.79 Å². The van der Waals surface area contributed by atoms with Crippen molar-refractivity contribution < 1.29 is 14.3 Å². The molecule has 192 valence electrons. The van der Waals surface area contributed by atoms with Crippen molar-refractivity contribution in [2.24, 2.45) is 5.73 Å². The molecule has 0 aliphatic heterocycles. The first-order chi connectivity index (χ1) is 18.6. The highest BCUT2D eigenvalue weighted by Gasteiger charge is 2.35. The van der Waals surface area contributed by atoms with Crippen molar-refractivity contribution in [1.82, 2.24) is 5.32 Å². The molecule has 0 radical (unpaired) electrons. The summed E-state index contributed by atoms with van der Waals surface area (Å²) in [6.07, 6.45) is 0.322. The number of nitrogens with two attached hydrogens (primary N) is 1. The molecule has 4 aromatic rings. The third-order valence-corrected chi connectivity index (χ3v) is 6.87. The predicted molar refractivity (Wildman–Crippen MR) is 149 cm³/mol. The first-order valence-electron chi connectivity index (χ1n) is 12.8. The highest BCUT2D eigenvalue weighted by molar-refractivity contribution is 5.97. The lowest BCUT2D eigenvalue weighted by atomic mass is 9.84. The highest BCUT2D eigenvalue weighted by Crippen LogP contribution is 2.39. The van der Waals surface area contributed by atoms with Crippen LogP contribution in [0.1, 0.15) is 40.5 Å². The smallest absolute Gasteiger partial charge is 0.408 e. The molecule has 5 rings (SSSR count). The quantitative estimate of drug-likeness (QED) is 0.277. The van der Waals surface area contributed by atoms with E-state index < -0.39 is 18.1 Å². The van der Waals surface area contributed by atoms with Crippen molar-refractivity contribution in [2.45, 2.75) is 36.9 Å². The molecule has 2 amide bonds. The number of alkyl carbamates (subject to hydrolysis) is 1. The number of benzene rings is 4. The molecule has 6 heteroatoms. The summed E-state index contributed by atoms with van der Waals surface area (Å²) in [5.74, 6) is -0.394. The minimum Gasteiger partial charge on any atom is -0.445 e. The number of amides is 2. The van der Waals surface area contributed by atoms with Crippen LogP contribution < -0.4 is 16.4 Å². The van der Waals surface area contributed by atoms with Crippen LogP contribution in [-0.4, -0.2) is 24.1 Å². The van der Waals surface area contributed by atoms with Gasteiger partial charge in [0, 0.05) is 23.6 Å². The molecule has 0 spiro atoms. The van der Waals surface area contributed by atoms with Crippen molar-refractivity contribution in [3.63, 3.8) is 0 Å². The van der Waals surface area contributed by atoms with E-state index >= 15 is 0 Å². The van der Waals surface area contributed by atoms with E-state index in [1.807, 2.05) is 115 Å². The van der Waals surface area contributed by atoms with Gasteiger partial charge in [-0.3, -0.25) is 4.79 Å². The number of carbonyl (C=O) groups excluding carboxylic acids is 2. The maximum absolute atomic E-state index is 13.8. The lowest BCUT2D eigenvalue weighted by Gasteiger charge is -2.28. The van der Waals surface area contributed by atoms with Gasteiger partial charge in [-0.1, -0.05) is 103 Å². The van der Waals surface area contributed by atoms with E-state index in [9.17, 15) is 9.59 Å². The molecule has 1 aliphatic rings. The van der Waals surface area contributed by atoms with E-state index in [0.29, 0.717) is 11.6 Å². The van der Waals surface area contributed by atoms with Crippen molar-refractivity contribution in [2.75, 3.05) is 5.32 Å². The minimum absolute atomic E-state index is 0.104. The Morgan fingerprint density at radius 1 is 0.789 bits per heavy atom. The Hall–Kier alpha value is -4.42. The lowest BCUT2D eigenvalue weighted by Crippen LogP contribution is -2.48. The summed E-state index contributed by atoms with van der Waals surface area (Å²) in [4.78, 5) is 26.8. The number of nitrogens with one attached hydrogen (secondary N) is 2. The summed E-state index contributed by atoms with van der Waals surface area (Å²) in [6.45, 7) is 0.104. The Morgan fingerprint density at radius 2 is 1.32 bits per heavy atom. The van der Waals surface area contributed by atoms with Crippen molar-refractivity contribution in [3.05, 3.63) is 138 Å². The van der Waals surface area contributed by atoms with Crippen LogP contribution in [-0.2, 0) is 16.1 Å². The number of rotatable bonds is 9. The Bertz CT molecular complexity index is 1310. The molecule has 1 fully saturated rings. The second kappa shape index (κ2) is 11.8. The fourth-order valence-corrected chi connectivity index (χ4v) is 4.72. The molecular formula is C32H31N3O3. The normalized spacial score (nSPS) is 16.9. The highest BCUT2D eigenvalue weighted by atomic mass is 16.5. The summed E-state index contributed by atoms with van der Waals surface area (Å²) in [5, 5.41) is 5.86. The van der Waals surface area contributed by atoms with Crippen molar-refractivity contribution >= 4 is 17.7 Å². The van der Waals surface area contributed by atoms with Crippen LogP contribution in [0, 0.1) is 0 Å². The number of hydrogen-bond donors (Lipinski definition) is 3. The van der Waals surface area contributed by atoms with Crippen molar-refractivity contribution in [1.29, 1.82) is 0 Å². The second-order valence-corrected chi connectivity index (χ2v) is 9.60. The molecule has 0 saturated heterocycles. The summed E-state index contributed by atoms with van der Waals surface area (Å²) in [6, 6.07) is 35.9. The van der Waals surface area contributed by atoms with Gasteiger partial charge in [-0.2, -0.15) is 0 Å². The Labute approximate surface area is 222 Å². The SMILES string of the molecule is NC1CC1c1ccc(NC(=O)C(NC(=O)OCc2ccccc2)C(c2ccccc2)c2ccccc2)cc1. The first kappa shape index (κ1) is 25.2. The van der Waals surface area contributed by atoms with Crippen LogP contribution in [0.15, 0.2) is 115 Å². The lowest BCUT2D eigenvalue weighted by molar-refractivity contribution is -0.118. The minimum atomic E-state index is -0.931. The van der Waals surface area contributed by atoms with Crippen LogP contribution in [0.2, 0.25) is 0 Å². The molecule has 4 N–H and O–H groups in total. The van der Waals surface area contributed by atoms with Gasteiger partial charge in [-0.05, 0) is 40.8 Å². The average molecular weight is 506 g/mol. The van der Waals surface area contributed by atoms with Gasteiger partial charge in [0.15, 0.2) is 0 Å². The van der Waals surface area contributed by atoms with Crippen LogP contribution in [0.4, 0.5) is 10.5 Å². The number of ether oxygens (including phenoxy) is 1. The van der Waals surface area contributed by atoms with Crippen molar-refractivity contribution in [3.8, 4) is 0 Å². The molecule has 0 heterocycles. The van der Waals surface area contributed by atoms with Crippen LogP contribution in [0.25, 0.3) is 0 Å². The maximum Gasteiger partial charge on any atom is 0.408 e. The Kier molecular flexibility index (Phi) is 7.81. The molecule has 38 heavy (non-hydrogen) atoms. The summed E-state index contributed by atoms with van der Waals surface area (Å²) in [7, 11) is 0. The first-order valence-corrected chi connectivity index (χ1v) is 12.8. The fraction of sp³-hybridized carbons (Fsp3) is 0.188. The largest absolute Gasteiger partial charge is 0.445 e. The summed E-state index contributed by atoms with van der Waals surface area (Å²) in [5.41, 5.74) is 10.5. The van der Waals surface area contributed by atoms with Crippen LogP contribution in [0.3, 0.4) is 0 Å². The molecule has 4 aromatic carbocycles. The topological polar surface area (TPSA) is 93.5 Å². The Morgan fingerprint density at radius 3 is 1.84 bits per heavy atom. The molecular weight excluding hydrogens is 474 g/mol. The maximum atomic E-state index is 13.8. The molecule has 0 bridgehead atoms. The Balaban J connectivity index is 1.40. The third-order valence-electron chi connectivity index (χ3n) is 6.87. The van der Waals surface area contributed by atoms with E-state index in [1.54, 1.807) is 0 Å². The van der Waals surface area contributed by atoms with E-state index in [-0.39, 0.29) is 18.6 Å². The molecule has 6 nitrogen and oxygen atoms in total. The summed E-state index contributed by atoms with van der Waals surface area (Å²) >= 11 is 0. The molecule has 1 aliphatic carbocycles. The van der Waals surface area contributed by atoms with E-state index in [2.05, 4.69) is 10.6 Å². The van der Waals surface area contributed by atoms with Gasteiger partial charge >= 0.3 is 6.09 Å². The van der Waals surface area contributed by atoms with Crippen LogP contribution >= 0.6 is 0 Å². The van der Waals surface area contributed by atoms with Gasteiger partial charge < -0.3 is 21.1 Å². The molecule has 3 unspecified atom stereocenters. The number of carbonyl (C=O) groups is 2. The van der Waals surface area contributed by atoms with Gasteiger partial charge in [0.1, 0.15) is 12.6 Å².